The Morgan fingerprint density at radius 1 is 1.64 bits per heavy atom. The van der Waals surface area contributed by atoms with Gasteiger partial charge in [0.25, 0.3) is 0 Å². The van der Waals surface area contributed by atoms with E-state index in [0.29, 0.717) is 6.54 Å². The van der Waals surface area contributed by atoms with Crippen molar-refractivity contribution in [2.75, 3.05) is 13.1 Å². The van der Waals surface area contributed by atoms with Crippen molar-refractivity contribution in [1.29, 1.82) is 0 Å². The molecule has 0 aromatic heterocycles. The van der Waals surface area contributed by atoms with E-state index >= 15 is 0 Å². The molecule has 0 aromatic rings. The molecule has 0 aliphatic carbocycles. The average Bonchev–Trinajstić information content (AvgIpc) is 2.36. The van der Waals surface area contributed by atoms with Crippen molar-refractivity contribution in [2.45, 2.75) is 20.3 Å². The van der Waals surface area contributed by atoms with Crippen LogP contribution in [0, 0.1) is 5.41 Å². The highest BCUT2D eigenvalue weighted by Crippen LogP contribution is 2.24. The molecule has 0 atom stereocenters. The van der Waals surface area contributed by atoms with E-state index in [0.717, 1.165) is 13.0 Å². The summed E-state index contributed by atoms with van der Waals surface area (Å²) in [5.74, 6) is 0. The van der Waals surface area contributed by atoms with Gasteiger partial charge in [-0.15, -0.1) is 0 Å². The van der Waals surface area contributed by atoms with Gasteiger partial charge in [0.15, 0.2) is 0 Å². The van der Waals surface area contributed by atoms with Crippen LogP contribution in [0.1, 0.15) is 20.3 Å². The maximum absolute atomic E-state index is 5.62. The molecule has 2 heteroatoms. The highest BCUT2D eigenvalue weighted by atomic mass is 14.8. The number of nitrogens with zero attached hydrogens (tertiary/aromatic N) is 1. The summed E-state index contributed by atoms with van der Waals surface area (Å²) in [4.78, 5) is 4.40. The van der Waals surface area contributed by atoms with Crippen LogP contribution < -0.4 is 5.73 Å². The first kappa shape index (κ1) is 8.47. The summed E-state index contributed by atoms with van der Waals surface area (Å²) in [5, 5.41) is 0. The SMILES string of the molecule is C=C1CN=C(C(C)(C)CN)C1. The van der Waals surface area contributed by atoms with Gasteiger partial charge in [-0.1, -0.05) is 26.0 Å². The minimum absolute atomic E-state index is 0.0689. The van der Waals surface area contributed by atoms with Crippen LogP contribution in [-0.2, 0) is 0 Å². The molecule has 0 amide bonds. The molecule has 62 valence electrons. The molecule has 0 spiro atoms. The van der Waals surface area contributed by atoms with Crippen LogP contribution in [0.25, 0.3) is 0 Å². The molecule has 0 radical (unpaired) electrons. The quantitative estimate of drug-likeness (QED) is 0.596. The number of aliphatic imine (C=N–C) groups is 1. The van der Waals surface area contributed by atoms with E-state index in [-0.39, 0.29) is 5.41 Å². The Kier molecular flexibility index (Phi) is 2.14. The van der Waals surface area contributed by atoms with E-state index in [2.05, 4.69) is 25.4 Å². The fourth-order valence-corrected chi connectivity index (χ4v) is 1.13. The highest BCUT2D eigenvalue weighted by molar-refractivity contribution is 5.93. The second-order valence-corrected chi connectivity index (χ2v) is 3.78. The minimum atomic E-state index is 0.0689. The molecule has 2 nitrogen and oxygen atoms in total. The van der Waals surface area contributed by atoms with Gasteiger partial charge in [-0.3, -0.25) is 4.99 Å². The predicted molar refractivity (Wildman–Crippen MR) is 48.9 cm³/mol. The van der Waals surface area contributed by atoms with E-state index in [1.165, 1.54) is 11.3 Å². The van der Waals surface area contributed by atoms with Gasteiger partial charge in [-0.25, -0.2) is 0 Å². The summed E-state index contributed by atoms with van der Waals surface area (Å²) in [5.41, 5.74) is 8.11. The standard InChI is InChI=1S/C9H16N2/c1-7-4-8(11-5-7)9(2,3)6-10/h1,4-6,10H2,2-3H3. The van der Waals surface area contributed by atoms with Crippen LogP contribution in [0.15, 0.2) is 17.1 Å². The molecule has 11 heavy (non-hydrogen) atoms. The Labute approximate surface area is 68.2 Å². The molecule has 0 saturated heterocycles. The van der Waals surface area contributed by atoms with Crippen LogP contribution >= 0.6 is 0 Å². The van der Waals surface area contributed by atoms with Crippen molar-refractivity contribution >= 4 is 5.71 Å². The normalized spacial score (nSPS) is 18.8. The van der Waals surface area contributed by atoms with Crippen LogP contribution in [0.5, 0.6) is 0 Å². The van der Waals surface area contributed by atoms with Crippen LogP contribution in [0.4, 0.5) is 0 Å². The summed E-state index contributed by atoms with van der Waals surface area (Å²) < 4.78 is 0. The largest absolute Gasteiger partial charge is 0.330 e. The van der Waals surface area contributed by atoms with Crippen molar-refractivity contribution in [3.63, 3.8) is 0 Å². The maximum atomic E-state index is 5.62. The Morgan fingerprint density at radius 3 is 2.64 bits per heavy atom. The molecular formula is C9H16N2. The summed E-state index contributed by atoms with van der Waals surface area (Å²) in [6.45, 7) is 9.63. The topological polar surface area (TPSA) is 38.4 Å². The summed E-state index contributed by atoms with van der Waals surface area (Å²) >= 11 is 0. The van der Waals surface area contributed by atoms with E-state index in [1.807, 2.05) is 0 Å². The lowest BCUT2D eigenvalue weighted by atomic mass is 9.85. The number of nitrogens with two attached hydrogens (primary N) is 1. The maximum Gasteiger partial charge on any atom is 0.0600 e. The molecule has 2 N–H and O–H groups in total. The molecule has 0 unspecified atom stereocenters. The van der Waals surface area contributed by atoms with Crippen LogP contribution in [0.3, 0.4) is 0 Å². The van der Waals surface area contributed by atoms with Crippen molar-refractivity contribution in [2.24, 2.45) is 16.1 Å². The lowest BCUT2D eigenvalue weighted by Crippen LogP contribution is -2.31. The number of hydrogen-bond acceptors (Lipinski definition) is 2. The fourth-order valence-electron chi connectivity index (χ4n) is 1.13. The first-order valence-electron chi connectivity index (χ1n) is 3.97. The van der Waals surface area contributed by atoms with Crippen molar-refractivity contribution in [1.82, 2.24) is 0 Å². The molecule has 1 aliphatic rings. The van der Waals surface area contributed by atoms with Crippen molar-refractivity contribution < 1.29 is 0 Å². The molecule has 1 heterocycles. The fraction of sp³-hybridized carbons (Fsp3) is 0.667. The van der Waals surface area contributed by atoms with Gasteiger partial charge in [0.2, 0.25) is 0 Å². The second kappa shape index (κ2) is 2.78. The smallest absolute Gasteiger partial charge is 0.0600 e. The Morgan fingerprint density at radius 2 is 2.27 bits per heavy atom. The molecule has 0 bridgehead atoms. The Hall–Kier alpha value is -0.630. The van der Waals surface area contributed by atoms with Gasteiger partial charge in [0, 0.05) is 24.1 Å². The molecule has 0 aromatic carbocycles. The Balaban J connectivity index is 2.69. The zero-order valence-electron chi connectivity index (χ0n) is 7.35. The lowest BCUT2D eigenvalue weighted by Gasteiger charge is -2.22. The highest BCUT2D eigenvalue weighted by Gasteiger charge is 2.26. The van der Waals surface area contributed by atoms with E-state index in [1.54, 1.807) is 0 Å². The molecule has 0 fully saturated rings. The molecule has 1 aliphatic heterocycles. The number of hydrogen-bond donors (Lipinski definition) is 1. The van der Waals surface area contributed by atoms with Gasteiger partial charge < -0.3 is 5.73 Å². The monoisotopic (exact) mass is 152 g/mol. The first-order valence-corrected chi connectivity index (χ1v) is 3.97. The summed E-state index contributed by atoms with van der Waals surface area (Å²) in [6.07, 6.45) is 0.949. The molecule has 0 saturated carbocycles. The third-order valence-corrected chi connectivity index (χ3v) is 2.20. The van der Waals surface area contributed by atoms with Crippen LogP contribution in [0.2, 0.25) is 0 Å². The minimum Gasteiger partial charge on any atom is -0.330 e. The molecular weight excluding hydrogens is 136 g/mol. The third kappa shape index (κ3) is 1.69. The zero-order valence-corrected chi connectivity index (χ0v) is 7.35. The van der Waals surface area contributed by atoms with Crippen LogP contribution in [-0.4, -0.2) is 18.8 Å². The van der Waals surface area contributed by atoms with E-state index < -0.39 is 0 Å². The lowest BCUT2D eigenvalue weighted by molar-refractivity contribution is 0.532. The first-order chi connectivity index (χ1) is 5.06. The Bertz CT molecular complexity index is 202. The summed E-state index contributed by atoms with van der Waals surface area (Å²) in [6, 6.07) is 0. The van der Waals surface area contributed by atoms with Gasteiger partial charge >= 0.3 is 0 Å². The summed E-state index contributed by atoms with van der Waals surface area (Å²) in [7, 11) is 0. The number of rotatable bonds is 2. The third-order valence-electron chi connectivity index (χ3n) is 2.20. The van der Waals surface area contributed by atoms with Crippen molar-refractivity contribution in [3.05, 3.63) is 12.2 Å². The predicted octanol–water partition coefficient (Wildman–Crippen LogP) is 1.37. The second-order valence-electron chi connectivity index (χ2n) is 3.78. The van der Waals surface area contributed by atoms with Gasteiger partial charge in [0.1, 0.15) is 0 Å². The van der Waals surface area contributed by atoms with Crippen molar-refractivity contribution in [3.8, 4) is 0 Å². The van der Waals surface area contributed by atoms with E-state index in [9.17, 15) is 0 Å². The average molecular weight is 152 g/mol. The molecule has 1 rings (SSSR count). The van der Waals surface area contributed by atoms with Gasteiger partial charge in [0.05, 0.1) is 6.54 Å². The zero-order chi connectivity index (χ0) is 8.48. The van der Waals surface area contributed by atoms with Gasteiger partial charge in [-0.05, 0) is 0 Å². The van der Waals surface area contributed by atoms with E-state index in [4.69, 9.17) is 5.73 Å². The van der Waals surface area contributed by atoms with Gasteiger partial charge in [-0.2, -0.15) is 0 Å².